The maximum Gasteiger partial charge on any atom is 0.317 e. The predicted molar refractivity (Wildman–Crippen MR) is 64.6 cm³/mol. The highest BCUT2D eigenvalue weighted by atomic mass is 16.5. The molecule has 0 N–H and O–H groups in total. The lowest BCUT2D eigenvalue weighted by molar-refractivity contribution is -0.153. The summed E-state index contributed by atoms with van der Waals surface area (Å²) < 4.78 is 4.97. The van der Waals surface area contributed by atoms with Crippen molar-refractivity contribution in [2.75, 3.05) is 13.7 Å². The normalized spacial score (nSPS) is 23.6. The van der Waals surface area contributed by atoms with E-state index in [9.17, 15) is 9.59 Å². The van der Waals surface area contributed by atoms with Crippen LogP contribution in [0.3, 0.4) is 0 Å². The van der Waals surface area contributed by atoms with Gasteiger partial charge >= 0.3 is 5.97 Å². The van der Waals surface area contributed by atoms with Gasteiger partial charge in [-0.2, -0.15) is 5.10 Å². The van der Waals surface area contributed by atoms with Crippen LogP contribution in [0.25, 0.3) is 0 Å². The van der Waals surface area contributed by atoms with Gasteiger partial charge in [0.05, 0.1) is 12.1 Å². The quantitative estimate of drug-likeness (QED) is 0.545. The van der Waals surface area contributed by atoms with E-state index in [2.05, 4.69) is 5.10 Å². The van der Waals surface area contributed by atoms with Gasteiger partial charge in [0.15, 0.2) is 0 Å². The highest BCUT2D eigenvalue weighted by Crippen LogP contribution is 2.34. The summed E-state index contributed by atoms with van der Waals surface area (Å²) >= 11 is 0. The molecule has 2 unspecified atom stereocenters. The lowest BCUT2D eigenvalue weighted by atomic mass is 9.77. The summed E-state index contributed by atoms with van der Waals surface area (Å²) in [4.78, 5) is 23.5. The molecule has 5 nitrogen and oxygen atoms in total. The van der Waals surface area contributed by atoms with Gasteiger partial charge in [-0.15, -0.1) is 0 Å². The van der Waals surface area contributed by atoms with Crippen molar-refractivity contribution in [2.45, 2.75) is 33.2 Å². The number of rotatable bonds is 4. The minimum atomic E-state index is -0.765. The lowest BCUT2D eigenvalue weighted by Crippen LogP contribution is -2.47. The Labute approximate surface area is 102 Å². The molecular formula is C12H20N2O3. The lowest BCUT2D eigenvalue weighted by Gasteiger charge is -2.35. The van der Waals surface area contributed by atoms with Crippen LogP contribution in [0.4, 0.5) is 0 Å². The predicted octanol–water partition coefficient (Wildman–Crippen LogP) is 1.08. The van der Waals surface area contributed by atoms with E-state index in [1.165, 1.54) is 6.92 Å². The second-order valence-corrected chi connectivity index (χ2v) is 4.81. The van der Waals surface area contributed by atoms with Gasteiger partial charge < -0.3 is 4.74 Å². The zero-order chi connectivity index (χ0) is 13.2. The van der Waals surface area contributed by atoms with E-state index in [4.69, 9.17) is 4.74 Å². The summed E-state index contributed by atoms with van der Waals surface area (Å²) in [5.74, 6) is -1.65. The molecule has 0 saturated carbocycles. The fourth-order valence-electron chi connectivity index (χ4n) is 2.01. The molecule has 0 saturated heterocycles. The Morgan fingerprint density at radius 3 is 2.47 bits per heavy atom. The van der Waals surface area contributed by atoms with Crippen molar-refractivity contribution in [3.8, 4) is 0 Å². The molecule has 0 radical (unpaired) electrons. The Morgan fingerprint density at radius 2 is 2.12 bits per heavy atom. The molecular weight excluding hydrogens is 220 g/mol. The highest BCUT2D eigenvalue weighted by Gasteiger charge is 2.46. The number of carbonyl (C=O) groups excluding carboxylic acids is 2. The topological polar surface area (TPSA) is 59.0 Å². The molecule has 1 aliphatic rings. The first-order chi connectivity index (χ1) is 7.82. The first-order valence-corrected chi connectivity index (χ1v) is 5.77. The van der Waals surface area contributed by atoms with Crippen molar-refractivity contribution >= 4 is 18.0 Å². The third kappa shape index (κ3) is 2.48. The van der Waals surface area contributed by atoms with E-state index in [0.717, 1.165) is 0 Å². The molecule has 96 valence electrons. The number of hydrogen-bond donors (Lipinski definition) is 0. The Morgan fingerprint density at radius 1 is 1.53 bits per heavy atom. The van der Waals surface area contributed by atoms with Crippen LogP contribution in [-0.2, 0) is 14.3 Å². The SMILES string of the molecule is CCOC(=O)C(C(C)=O)C1C=NN(C)C1(C)C. The molecule has 17 heavy (non-hydrogen) atoms. The van der Waals surface area contributed by atoms with Crippen molar-refractivity contribution in [1.29, 1.82) is 0 Å². The Balaban J connectivity index is 2.97. The minimum absolute atomic E-state index is 0.178. The third-order valence-corrected chi connectivity index (χ3v) is 3.39. The number of carbonyl (C=O) groups is 2. The number of Topliss-reactive ketones (excluding diaryl/α,β-unsaturated/α-hetero) is 1. The zero-order valence-corrected chi connectivity index (χ0v) is 11.1. The van der Waals surface area contributed by atoms with Gasteiger partial charge in [0.2, 0.25) is 0 Å². The summed E-state index contributed by atoms with van der Waals surface area (Å²) in [6.07, 6.45) is 1.67. The smallest absolute Gasteiger partial charge is 0.317 e. The average molecular weight is 240 g/mol. The highest BCUT2D eigenvalue weighted by molar-refractivity contribution is 6.01. The van der Waals surface area contributed by atoms with Crippen LogP contribution in [-0.4, -0.2) is 42.2 Å². The van der Waals surface area contributed by atoms with Crippen LogP contribution in [0, 0.1) is 11.8 Å². The van der Waals surface area contributed by atoms with Crippen LogP contribution in [0.15, 0.2) is 5.10 Å². The maximum atomic E-state index is 11.8. The molecule has 0 aromatic heterocycles. The fraction of sp³-hybridized carbons (Fsp3) is 0.750. The third-order valence-electron chi connectivity index (χ3n) is 3.39. The monoisotopic (exact) mass is 240 g/mol. The molecule has 0 fully saturated rings. The summed E-state index contributed by atoms with van der Waals surface area (Å²) in [6, 6.07) is 0. The Kier molecular flexibility index (Phi) is 3.91. The second kappa shape index (κ2) is 4.85. The zero-order valence-electron chi connectivity index (χ0n) is 11.1. The molecule has 0 bridgehead atoms. The van der Waals surface area contributed by atoms with Crippen LogP contribution >= 0.6 is 0 Å². The number of ketones is 1. The van der Waals surface area contributed by atoms with Crippen molar-refractivity contribution in [3.05, 3.63) is 0 Å². The van der Waals surface area contributed by atoms with Gasteiger partial charge in [0, 0.05) is 19.2 Å². The van der Waals surface area contributed by atoms with E-state index in [-0.39, 0.29) is 23.8 Å². The Bertz CT molecular complexity index is 350. The molecule has 5 heteroatoms. The van der Waals surface area contributed by atoms with Crippen molar-refractivity contribution in [2.24, 2.45) is 16.9 Å². The van der Waals surface area contributed by atoms with Crippen molar-refractivity contribution in [3.63, 3.8) is 0 Å². The number of nitrogens with zero attached hydrogens (tertiary/aromatic N) is 2. The first-order valence-electron chi connectivity index (χ1n) is 5.77. The minimum Gasteiger partial charge on any atom is -0.465 e. The molecule has 0 spiro atoms. The Hall–Kier alpha value is -1.39. The molecule has 0 aromatic rings. The van der Waals surface area contributed by atoms with Crippen LogP contribution in [0.2, 0.25) is 0 Å². The van der Waals surface area contributed by atoms with Crippen LogP contribution in [0.1, 0.15) is 27.7 Å². The molecule has 0 aromatic carbocycles. The first kappa shape index (κ1) is 13.7. The van der Waals surface area contributed by atoms with Gasteiger partial charge in [-0.05, 0) is 27.7 Å². The molecule has 0 amide bonds. The molecule has 2 atom stereocenters. The number of hydrogen-bond acceptors (Lipinski definition) is 5. The van der Waals surface area contributed by atoms with Crippen molar-refractivity contribution < 1.29 is 14.3 Å². The van der Waals surface area contributed by atoms with Gasteiger partial charge in [-0.25, -0.2) is 0 Å². The van der Waals surface area contributed by atoms with Crippen LogP contribution < -0.4 is 0 Å². The number of hydrazone groups is 1. The summed E-state index contributed by atoms with van der Waals surface area (Å²) in [5, 5.41) is 5.94. The van der Waals surface area contributed by atoms with Crippen LogP contribution in [0.5, 0.6) is 0 Å². The molecule has 1 heterocycles. The van der Waals surface area contributed by atoms with Gasteiger partial charge in [0.1, 0.15) is 11.7 Å². The van der Waals surface area contributed by atoms with Gasteiger partial charge in [-0.1, -0.05) is 0 Å². The summed E-state index contributed by atoms with van der Waals surface area (Å²) in [6.45, 7) is 7.35. The standard InChI is InChI=1S/C12H20N2O3/c1-6-17-11(16)10(8(2)15)9-7-13-14(5)12(9,3)4/h7,9-10H,6H2,1-5H3. The van der Waals surface area contributed by atoms with E-state index in [1.54, 1.807) is 18.1 Å². The van der Waals surface area contributed by atoms with E-state index in [1.807, 2.05) is 20.9 Å². The molecule has 0 aliphatic carbocycles. The fourth-order valence-corrected chi connectivity index (χ4v) is 2.01. The summed E-state index contributed by atoms with van der Waals surface area (Å²) in [5.41, 5.74) is -0.358. The van der Waals surface area contributed by atoms with Gasteiger partial charge in [-0.3, -0.25) is 14.6 Å². The summed E-state index contributed by atoms with van der Waals surface area (Å²) in [7, 11) is 1.83. The second-order valence-electron chi connectivity index (χ2n) is 4.81. The number of ether oxygens (including phenoxy) is 1. The molecule has 1 rings (SSSR count). The van der Waals surface area contributed by atoms with E-state index >= 15 is 0 Å². The average Bonchev–Trinajstić information content (AvgIpc) is 2.45. The molecule has 1 aliphatic heterocycles. The maximum absolute atomic E-state index is 11.8. The van der Waals surface area contributed by atoms with Crippen molar-refractivity contribution in [1.82, 2.24) is 5.01 Å². The van der Waals surface area contributed by atoms with E-state index < -0.39 is 11.9 Å². The number of esters is 1. The van der Waals surface area contributed by atoms with Gasteiger partial charge in [0.25, 0.3) is 0 Å². The largest absolute Gasteiger partial charge is 0.465 e. The van der Waals surface area contributed by atoms with E-state index in [0.29, 0.717) is 0 Å².